The Bertz CT molecular complexity index is 933. The number of hydrogen-bond donors (Lipinski definition) is 1. The molecular weight excluding hydrogens is 470 g/mol. The van der Waals surface area contributed by atoms with Crippen LogP contribution in [0.1, 0.15) is 43.7 Å². The monoisotopic (exact) mass is 496 g/mol. The Morgan fingerprint density at radius 2 is 1.81 bits per heavy atom. The van der Waals surface area contributed by atoms with E-state index in [2.05, 4.69) is 5.32 Å². The van der Waals surface area contributed by atoms with Gasteiger partial charge in [0.25, 0.3) is 0 Å². The summed E-state index contributed by atoms with van der Waals surface area (Å²) in [5.74, 6) is -0.415. The molecule has 172 valence electrons. The van der Waals surface area contributed by atoms with E-state index in [0.717, 1.165) is 31.2 Å². The van der Waals surface area contributed by atoms with Gasteiger partial charge in [0.2, 0.25) is 11.8 Å². The molecule has 1 aliphatic rings. The van der Waals surface area contributed by atoms with Crippen molar-refractivity contribution in [3.63, 3.8) is 0 Å². The molecule has 4 nitrogen and oxygen atoms in total. The number of thioether (sulfide) groups is 1. The minimum Gasteiger partial charge on any atom is -0.352 e. The summed E-state index contributed by atoms with van der Waals surface area (Å²) < 4.78 is 14.0. The number of carbonyl (C=O) groups is 2. The Labute approximate surface area is 202 Å². The highest BCUT2D eigenvalue weighted by molar-refractivity contribution is 7.99. The molecule has 1 aliphatic carbocycles. The van der Waals surface area contributed by atoms with E-state index in [1.165, 1.54) is 17.8 Å². The van der Waals surface area contributed by atoms with E-state index in [0.29, 0.717) is 15.6 Å². The van der Waals surface area contributed by atoms with Crippen molar-refractivity contribution in [3.8, 4) is 0 Å². The van der Waals surface area contributed by atoms with Crippen molar-refractivity contribution in [2.45, 2.75) is 57.0 Å². The minimum atomic E-state index is -0.656. The molecule has 0 saturated heterocycles. The van der Waals surface area contributed by atoms with E-state index in [-0.39, 0.29) is 35.9 Å². The third kappa shape index (κ3) is 6.63. The van der Waals surface area contributed by atoms with Crippen LogP contribution in [0.25, 0.3) is 0 Å². The van der Waals surface area contributed by atoms with Crippen LogP contribution in [-0.4, -0.2) is 34.6 Å². The van der Waals surface area contributed by atoms with Crippen molar-refractivity contribution >= 4 is 46.8 Å². The molecule has 2 amide bonds. The smallest absolute Gasteiger partial charge is 0.242 e. The highest BCUT2D eigenvalue weighted by Gasteiger charge is 2.28. The molecule has 0 spiro atoms. The molecule has 1 saturated carbocycles. The van der Waals surface area contributed by atoms with Gasteiger partial charge in [-0.25, -0.2) is 4.39 Å². The van der Waals surface area contributed by atoms with Crippen LogP contribution in [0.2, 0.25) is 10.0 Å². The van der Waals surface area contributed by atoms with Crippen molar-refractivity contribution in [1.29, 1.82) is 0 Å². The van der Waals surface area contributed by atoms with Gasteiger partial charge in [0, 0.05) is 33.9 Å². The Morgan fingerprint density at radius 3 is 2.50 bits per heavy atom. The molecule has 0 bridgehead atoms. The van der Waals surface area contributed by atoms with Gasteiger partial charge in [-0.15, -0.1) is 11.8 Å². The first-order chi connectivity index (χ1) is 15.4. The van der Waals surface area contributed by atoms with Crippen LogP contribution in [0.15, 0.2) is 42.5 Å². The third-order valence-electron chi connectivity index (χ3n) is 5.70. The first-order valence-corrected chi connectivity index (χ1v) is 12.6. The Morgan fingerprint density at radius 1 is 1.12 bits per heavy atom. The Kier molecular flexibility index (Phi) is 9.26. The van der Waals surface area contributed by atoms with Crippen molar-refractivity contribution in [1.82, 2.24) is 10.2 Å². The highest BCUT2D eigenvalue weighted by Crippen LogP contribution is 2.25. The zero-order valence-corrected chi connectivity index (χ0v) is 20.3. The molecule has 2 aromatic carbocycles. The second kappa shape index (κ2) is 11.9. The molecule has 0 heterocycles. The number of halogens is 3. The fourth-order valence-electron chi connectivity index (χ4n) is 3.78. The minimum absolute atomic E-state index is 0.0934. The summed E-state index contributed by atoms with van der Waals surface area (Å²) in [6.07, 6.45) is 4.15. The summed E-state index contributed by atoms with van der Waals surface area (Å²) in [5.41, 5.74) is 1.14. The quantitative estimate of drug-likeness (QED) is 0.474. The molecular formula is C24H27Cl2FN2O2S. The number of rotatable bonds is 9. The summed E-state index contributed by atoms with van der Waals surface area (Å²) >= 11 is 13.7. The Balaban J connectivity index is 1.69. The normalized spacial score (nSPS) is 14.9. The van der Waals surface area contributed by atoms with E-state index in [4.69, 9.17) is 23.2 Å². The zero-order valence-electron chi connectivity index (χ0n) is 18.0. The fourth-order valence-corrected chi connectivity index (χ4v) is 5.22. The fraction of sp³-hybridized carbons (Fsp3) is 0.417. The van der Waals surface area contributed by atoms with Crippen LogP contribution in [0.3, 0.4) is 0 Å². The first-order valence-electron chi connectivity index (χ1n) is 10.7. The van der Waals surface area contributed by atoms with E-state index in [9.17, 15) is 14.0 Å². The molecule has 1 N–H and O–H groups in total. The van der Waals surface area contributed by atoms with Crippen molar-refractivity contribution in [2.75, 3.05) is 5.75 Å². The topological polar surface area (TPSA) is 49.4 Å². The lowest BCUT2D eigenvalue weighted by Gasteiger charge is -2.30. The van der Waals surface area contributed by atoms with Gasteiger partial charge in [0.15, 0.2) is 0 Å². The van der Waals surface area contributed by atoms with E-state index >= 15 is 0 Å². The average molecular weight is 497 g/mol. The van der Waals surface area contributed by atoms with Crippen molar-refractivity contribution in [2.24, 2.45) is 0 Å². The molecule has 0 radical (unpaired) electrons. The molecule has 0 unspecified atom stereocenters. The SMILES string of the molecule is C[C@H](C(=O)NC1CCCC1)N(Cc1ccccc1Cl)C(=O)CSCc1c(F)cccc1Cl. The molecule has 1 fully saturated rings. The van der Waals surface area contributed by atoms with Gasteiger partial charge in [0.1, 0.15) is 11.9 Å². The second-order valence-corrected chi connectivity index (χ2v) is 9.77. The lowest BCUT2D eigenvalue weighted by atomic mass is 10.1. The number of nitrogens with zero attached hydrogens (tertiary/aromatic N) is 1. The van der Waals surface area contributed by atoms with Crippen LogP contribution in [0.5, 0.6) is 0 Å². The van der Waals surface area contributed by atoms with Gasteiger partial charge in [-0.05, 0) is 43.5 Å². The lowest BCUT2D eigenvalue weighted by molar-refractivity contribution is -0.138. The van der Waals surface area contributed by atoms with Crippen LogP contribution >= 0.6 is 35.0 Å². The van der Waals surface area contributed by atoms with Gasteiger partial charge < -0.3 is 10.2 Å². The zero-order chi connectivity index (χ0) is 23.1. The molecule has 8 heteroatoms. The van der Waals surface area contributed by atoms with E-state index < -0.39 is 11.9 Å². The van der Waals surface area contributed by atoms with Crippen LogP contribution in [0, 0.1) is 5.82 Å². The number of nitrogens with one attached hydrogen (secondary N) is 1. The Hall–Kier alpha value is -1.76. The molecule has 1 atom stereocenters. The highest BCUT2D eigenvalue weighted by atomic mass is 35.5. The number of amides is 2. The lowest BCUT2D eigenvalue weighted by Crippen LogP contribution is -2.50. The van der Waals surface area contributed by atoms with Gasteiger partial charge in [-0.2, -0.15) is 0 Å². The molecule has 3 rings (SSSR count). The maximum Gasteiger partial charge on any atom is 0.242 e. The van der Waals surface area contributed by atoms with Gasteiger partial charge in [-0.1, -0.05) is 60.3 Å². The maximum atomic E-state index is 14.0. The van der Waals surface area contributed by atoms with Crippen molar-refractivity contribution < 1.29 is 14.0 Å². The van der Waals surface area contributed by atoms with E-state index in [1.807, 2.05) is 18.2 Å². The average Bonchev–Trinajstić information content (AvgIpc) is 3.27. The first kappa shape index (κ1) is 24.9. The van der Waals surface area contributed by atoms with Crippen LogP contribution in [-0.2, 0) is 21.9 Å². The number of benzene rings is 2. The number of hydrogen-bond acceptors (Lipinski definition) is 3. The summed E-state index contributed by atoms with van der Waals surface area (Å²) in [6.45, 7) is 1.95. The predicted octanol–water partition coefficient (Wildman–Crippen LogP) is 5.84. The third-order valence-corrected chi connectivity index (χ3v) is 7.37. The maximum absolute atomic E-state index is 14.0. The van der Waals surface area contributed by atoms with Crippen LogP contribution < -0.4 is 5.32 Å². The largest absolute Gasteiger partial charge is 0.352 e. The van der Waals surface area contributed by atoms with Crippen LogP contribution in [0.4, 0.5) is 4.39 Å². The summed E-state index contributed by atoms with van der Waals surface area (Å²) in [4.78, 5) is 27.6. The molecule has 0 aromatic heterocycles. The standard InChI is InChI=1S/C24H27Cl2FN2O2S/c1-16(24(31)28-18-8-3-4-9-18)29(13-17-7-2-5-10-20(17)25)23(30)15-32-14-19-21(26)11-6-12-22(19)27/h2,5-7,10-12,16,18H,3-4,8-9,13-15H2,1H3,(H,28,31)/t16-/m1/s1. The molecule has 2 aromatic rings. The van der Waals surface area contributed by atoms with Gasteiger partial charge in [-0.3, -0.25) is 9.59 Å². The summed E-state index contributed by atoms with van der Waals surface area (Å²) in [7, 11) is 0. The van der Waals surface area contributed by atoms with Gasteiger partial charge in [0.05, 0.1) is 5.75 Å². The predicted molar refractivity (Wildman–Crippen MR) is 129 cm³/mol. The summed E-state index contributed by atoms with van der Waals surface area (Å²) in [5, 5.41) is 3.95. The van der Waals surface area contributed by atoms with Crippen molar-refractivity contribution in [3.05, 3.63) is 69.5 Å². The second-order valence-electron chi connectivity index (χ2n) is 7.97. The molecule has 32 heavy (non-hydrogen) atoms. The number of carbonyl (C=O) groups excluding carboxylic acids is 2. The summed E-state index contributed by atoms with van der Waals surface area (Å²) in [6, 6.07) is 11.3. The van der Waals surface area contributed by atoms with Gasteiger partial charge >= 0.3 is 0 Å². The molecule has 0 aliphatic heterocycles. The van der Waals surface area contributed by atoms with E-state index in [1.54, 1.807) is 30.0 Å².